The standard InChI is InChI=1S/C16H20FN3O/c1-16(2,12-18)20-9-7-19(8-10-20)15(21)11-13-3-5-14(17)6-4-13/h3-6H,7-11H2,1-2H3. The molecule has 0 unspecified atom stereocenters. The van der Waals surface area contributed by atoms with Crippen molar-refractivity contribution < 1.29 is 9.18 Å². The van der Waals surface area contributed by atoms with E-state index >= 15 is 0 Å². The van der Waals surface area contributed by atoms with Crippen LogP contribution in [-0.4, -0.2) is 47.4 Å². The normalized spacial score (nSPS) is 16.6. The van der Waals surface area contributed by atoms with E-state index in [1.165, 1.54) is 12.1 Å². The Morgan fingerprint density at radius 3 is 2.33 bits per heavy atom. The Morgan fingerprint density at radius 2 is 1.81 bits per heavy atom. The van der Waals surface area contributed by atoms with Crippen molar-refractivity contribution in [1.29, 1.82) is 5.26 Å². The molecule has 0 atom stereocenters. The van der Waals surface area contributed by atoms with Crippen LogP contribution in [0.1, 0.15) is 19.4 Å². The number of rotatable bonds is 3. The molecule has 0 saturated carbocycles. The summed E-state index contributed by atoms with van der Waals surface area (Å²) in [6, 6.07) is 8.31. The molecule has 4 nitrogen and oxygen atoms in total. The van der Waals surface area contributed by atoms with E-state index < -0.39 is 5.54 Å². The highest BCUT2D eigenvalue weighted by Crippen LogP contribution is 2.16. The summed E-state index contributed by atoms with van der Waals surface area (Å²) < 4.78 is 12.8. The summed E-state index contributed by atoms with van der Waals surface area (Å²) >= 11 is 0. The molecule has 5 heteroatoms. The second kappa shape index (κ2) is 6.23. The van der Waals surface area contributed by atoms with Crippen LogP contribution in [0.25, 0.3) is 0 Å². The minimum absolute atomic E-state index is 0.0519. The van der Waals surface area contributed by atoms with Crippen molar-refractivity contribution in [1.82, 2.24) is 9.80 Å². The van der Waals surface area contributed by atoms with Crippen LogP contribution in [0.3, 0.4) is 0 Å². The van der Waals surface area contributed by atoms with Crippen LogP contribution in [-0.2, 0) is 11.2 Å². The first-order valence-corrected chi connectivity index (χ1v) is 7.11. The summed E-state index contributed by atoms with van der Waals surface area (Å²) in [4.78, 5) is 16.1. The molecule has 1 amide bonds. The molecule has 21 heavy (non-hydrogen) atoms. The third-order valence-corrected chi connectivity index (χ3v) is 3.97. The second-order valence-electron chi connectivity index (χ2n) is 5.84. The van der Waals surface area contributed by atoms with Gasteiger partial charge in [-0.15, -0.1) is 0 Å². The molecule has 0 spiro atoms. The topological polar surface area (TPSA) is 47.3 Å². The minimum Gasteiger partial charge on any atom is -0.340 e. The van der Waals surface area contributed by atoms with E-state index in [1.54, 1.807) is 12.1 Å². The maximum Gasteiger partial charge on any atom is 0.227 e. The minimum atomic E-state index is -0.494. The van der Waals surface area contributed by atoms with Crippen molar-refractivity contribution in [2.24, 2.45) is 0 Å². The summed E-state index contributed by atoms with van der Waals surface area (Å²) in [5, 5.41) is 9.14. The Hall–Kier alpha value is -1.93. The fourth-order valence-corrected chi connectivity index (χ4v) is 2.47. The molecular formula is C16H20FN3O. The number of benzene rings is 1. The maximum atomic E-state index is 12.8. The van der Waals surface area contributed by atoms with Crippen molar-refractivity contribution in [2.75, 3.05) is 26.2 Å². The van der Waals surface area contributed by atoms with Gasteiger partial charge in [-0.3, -0.25) is 9.69 Å². The first-order valence-electron chi connectivity index (χ1n) is 7.11. The van der Waals surface area contributed by atoms with Crippen LogP contribution in [0.4, 0.5) is 4.39 Å². The van der Waals surface area contributed by atoms with Gasteiger partial charge in [-0.25, -0.2) is 4.39 Å². The zero-order valence-electron chi connectivity index (χ0n) is 12.5. The predicted octanol–water partition coefficient (Wildman–Crippen LogP) is 1.81. The van der Waals surface area contributed by atoms with Gasteiger partial charge >= 0.3 is 0 Å². The van der Waals surface area contributed by atoms with Gasteiger partial charge in [-0.1, -0.05) is 12.1 Å². The summed E-state index contributed by atoms with van der Waals surface area (Å²) in [5.41, 5.74) is 0.327. The van der Waals surface area contributed by atoms with Gasteiger partial charge in [-0.2, -0.15) is 5.26 Å². The first-order chi connectivity index (χ1) is 9.92. The number of carbonyl (C=O) groups excluding carboxylic acids is 1. The van der Waals surface area contributed by atoms with Crippen LogP contribution in [0.5, 0.6) is 0 Å². The average Bonchev–Trinajstić information content (AvgIpc) is 2.49. The monoisotopic (exact) mass is 289 g/mol. The lowest BCUT2D eigenvalue weighted by molar-refractivity contribution is -0.132. The highest BCUT2D eigenvalue weighted by Gasteiger charge is 2.30. The third-order valence-electron chi connectivity index (χ3n) is 3.97. The van der Waals surface area contributed by atoms with Crippen molar-refractivity contribution in [3.05, 3.63) is 35.6 Å². The summed E-state index contributed by atoms with van der Waals surface area (Å²) in [6.07, 6.45) is 0.294. The van der Waals surface area contributed by atoms with E-state index in [1.807, 2.05) is 18.7 Å². The molecule has 112 valence electrons. The molecule has 2 rings (SSSR count). The highest BCUT2D eigenvalue weighted by molar-refractivity contribution is 5.78. The molecule has 1 aromatic rings. The molecule has 1 saturated heterocycles. The molecule has 0 N–H and O–H groups in total. The SMILES string of the molecule is CC(C)(C#N)N1CCN(C(=O)Cc2ccc(F)cc2)CC1. The lowest BCUT2D eigenvalue weighted by Crippen LogP contribution is -2.55. The van der Waals surface area contributed by atoms with Gasteiger partial charge in [0, 0.05) is 26.2 Å². The van der Waals surface area contributed by atoms with Crippen LogP contribution in [0.15, 0.2) is 24.3 Å². The van der Waals surface area contributed by atoms with Gasteiger partial charge in [0.05, 0.1) is 12.5 Å². The fraction of sp³-hybridized carbons (Fsp3) is 0.500. The van der Waals surface area contributed by atoms with Gasteiger partial charge in [0.25, 0.3) is 0 Å². The smallest absolute Gasteiger partial charge is 0.227 e. The highest BCUT2D eigenvalue weighted by atomic mass is 19.1. The van der Waals surface area contributed by atoms with Crippen molar-refractivity contribution in [3.8, 4) is 6.07 Å². The zero-order valence-corrected chi connectivity index (χ0v) is 12.5. The van der Waals surface area contributed by atoms with Crippen molar-refractivity contribution in [2.45, 2.75) is 25.8 Å². The number of carbonyl (C=O) groups is 1. The van der Waals surface area contributed by atoms with E-state index in [0.29, 0.717) is 32.6 Å². The Labute approximate surface area is 124 Å². The predicted molar refractivity (Wildman–Crippen MR) is 77.9 cm³/mol. The Bertz CT molecular complexity index is 540. The van der Waals surface area contributed by atoms with Crippen LogP contribution in [0, 0.1) is 17.1 Å². The molecule has 1 fully saturated rings. The summed E-state index contributed by atoms with van der Waals surface area (Å²) in [7, 11) is 0. The zero-order chi connectivity index (χ0) is 15.5. The number of nitrogens with zero attached hydrogens (tertiary/aromatic N) is 3. The summed E-state index contributed by atoms with van der Waals surface area (Å²) in [5.74, 6) is -0.241. The van der Waals surface area contributed by atoms with Crippen LogP contribution in [0.2, 0.25) is 0 Å². The van der Waals surface area contributed by atoms with E-state index in [-0.39, 0.29) is 11.7 Å². The van der Waals surface area contributed by atoms with Gasteiger partial charge in [0.15, 0.2) is 0 Å². The quantitative estimate of drug-likeness (QED) is 0.852. The van der Waals surface area contributed by atoms with Gasteiger partial charge in [-0.05, 0) is 31.5 Å². The Balaban J connectivity index is 1.89. The number of amides is 1. The Kier molecular flexibility index (Phi) is 4.59. The molecule has 1 aromatic carbocycles. The molecule has 0 aliphatic carbocycles. The van der Waals surface area contributed by atoms with Gasteiger partial charge in [0.2, 0.25) is 5.91 Å². The van der Waals surface area contributed by atoms with Crippen LogP contribution < -0.4 is 0 Å². The average molecular weight is 289 g/mol. The second-order valence-corrected chi connectivity index (χ2v) is 5.84. The molecule has 1 heterocycles. The van der Waals surface area contributed by atoms with Crippen molar-refractivity contribution in [3.63, 3.8) is 0 Å². The van der Waals surface area contributed by atoms with E-state index in [0.717, 1.165) is 5.56 Å². The molecule has 0 radical (unpaired) electrons. The molecule has 1 aliphatic heterocycles. The van der Waals surface area contributed by atoms with Gasteiger partial charge < -0.3 is 4.90 Å². The van der Waals surface area contributed by atoms with E-state index in [2.05, 4.69) is 11.0 Å². The number of hydrogen-bond acceptors (Lipinski definition) is 3. The largest absolute Gasteiger partial charge is 0.340 e. The van der Waals surface area contributed by atoms with E-state index in [9.17, 15) is 9.18 Å². The Morgan fingerprint density at radius 1 is 1.24 bits per heavy atom. The first kappa shape index (κ1) is 15.5. The fourth-order valence-electron chi connectivity index (χ4n) is 2.47. The molecule has 0 aromatic heterocycles. The maximum absolute atomic E-state index is 12.8. The molecular weight excluding hydrogens is 269 g/mol. The van der Waals surface area contributed by atoms with Gasteiger partial charge in [0.1, 0.15) is 11.4 Å². The molecule has 1 aliphatic rings. The lowest BCUT2D eigenvalue weighted by Gasteiger charge is -2.40. The van der Waals surface area contributed by atoms with Crippen molar-refractivity contribution >= 4 is 5.91 Å². The third kappa shape index (κ3) is 3.79. The van der Waals surface area contributed by atoms with E-state index in [4.69, 9.17) is 5.26 Å². The number of hydrogen-bond donors (Lipinski definition) is 0. The molecule has 0 bridgehead atoms. The number of halogens is 1. The number of piperazine rings is 1. The summed E-state index contributed by atoms with van der Waals surface area (Å²) in [6.45, 7) is 6.45. The lowest BCUT2D eigenvalue weighted by atomic mass is 10.0. The van der Waals surface area contributed by atoms with Crippen LogP contribution >= 0.6 is 0 Å². The number of nitriles is 1.